The van der Waals surface area contributed by atoms with Gasteiger partial charge < -0.3 is 9.80 Å². The zero-order valence-electron chi connectivity index (χ0n) is 16.7. The fraction of sp³-hybridized carbons (Fsp3) is 0.250. The van der Waals surface area contributed by atoms with Crippen LogP contribution >= 0.6 is 23.1 Å². The Kier molecular flexibility index (Phi) is 6.73. The van der Waals surface area contributed by atoms with E-state index in [0.29, 0.717) is 12.1 Å². The van der Waals surface area contributed by atoms with Gasteiger partial charge in [-0.05, 0) is 54.3 Å². The van der Waals surface area contributed by atoms with E-state index in [1.54, 1.807) is 23.1 Å². The number of nitrogens with zero attached hydrogens (tertiary/aromatic N) is 3. The quantitative estimate of drug-likeness (QED) is 0.515. The Balaban J connectivity index is 1.43. The minimum Gasteiger partial charge on any atom is -0.370 e. The molecule has 0 aliphatic carbocycles. The van der Waals surface area contributed by atoms with Gasteiger partial charge in [0.25, 0.3) is 5.91 Å². The van der Waals surface area contributed by atoms with E-state index >= 15 is 0 Å². The van der Waals surface area contributed by atoms with Gasteiger partial charge in [0.1, 0.15) is 0 Å². The van der Waals surface area contributed by atoms with Gasteiger partial charge in [-0.25, -0.2) is 0 Å². The fourth-order valence-corrected chi connectivity index (χ4v) is 5.43. The van der Waals surface area contributed by atoms with Crippen LogP contribution in [0.15, 0.2) is 70.9 Å². The van der Waals surface area contributed by atoms with Crippen LogP contribution in [0.25, 0.3) is 0 Å². The summed E-state index contributed by atoms with van der Waals surface area (Å²) >= 11 is 3.48. The second-order valence-corrected chi connectivity index (χ2v) is 9.21. The molecule has 4 rings (SSSR count). The van der Waals surface area contributed by atoms with E-state index in [2.05, 4.69) is 28.5 Å². The van der Waals surface area contributed by atoms with Crippen LogP contribution in [0.5, 0.6) is 0 Å². The normalized spacial score (nSPS) is 14.2. The van der Waals surface area contributed by atoms with Crippen LogP contribution in [0.4, 0.5) is 5.69 Å². The highest BCUT2D eigenvalue weighted by Crippen LogP contribution is 2.29. The molecule has 1 aromatic heterocycles. The standard InChI is InChI=1S/C24H23N3OS2/c25-17-19-8-10-20(11-9-19)26-12-4-13-27(15-14-26)24(28)22-6-1-2-7-23(22)30-18-21-5-3-16-29-21/h1-3,5-11,16H,4,12-15,18H2. The van der Waals surface area contributed by atoms with Gasteiger partial charge in [0.15, 0.2) is 0 Å². The number of hydrogen-bond acceptors (Lipinski definition) is 5. The van der Waals surface area contributed by atoms with Crippen LogP contribution in [0, 0.1) is 11.3 Å². The third-order valence-electron chi connectivity index (χ3n) is 5.21. The van der Waals surface area contributed by atoms with Crippen molar-refractivity contribution >= 4 is 34.7 Å². The molecule has 0 unspecified atom stereocenters. The molecule has 1 aliphatic heterocycles. The summed E-state index contributed by atoms with van der Waals surface area (Å²) in [6.45, 7) is 3.16. The number of carbonyl (C=O) groups is 1. The molecule has 0 bridgehead atoms. The first-order chi connectivity index (χ1) is 14.7. The average Bonchev–Trinajstić information content (AvgIpc) is 3.20. The Labute approximate surface area is 185 Å². The number of carbonyl (C=O) groups excluding carboxylic acids is 1. The van der Waals surface area contributed by atoms with Crippen molar-refractivity contribution < 1.29 is 4.79 Å². The van der Waals surface area contributed by atoms with Crippen LogP contribution in [0.3, 0.4) is 0 Å². The van der Waals surface area contributed by atoms with Gasteiger partial charge in [-0.2, -0.15) is 5.26 Å². The van der Waals surface area contributed by atoms with Crippen LogP contribution in [-0.4, -0.2) is 37.0 Å². The van der Waals surface area contributed by atoms with Crippen molar-refractivity contribution in [3.8, 4) is 6.07 Å². The molecule has 2 aromatic carbocycles. The van der Waals surface area contributed by atoms with Crippen molar-refractivity contribution in [2.45, 2.75) is 17.1 Å². The topological polar surface area (TPSA) is 47.3 Å². The summed E-state index contributed by atoms with van der Waals surface area (Å²) in [5.41, 5.74) is 2.57. The molecule has 4 nitrogen and oxygen atoms in total. The SMILES string of the molecule is N#Cc1ccc(N2CCCN(C(=O)c3ccccc3SCc3cccs3)CC2)cc1. The highest BCUT2D eigenvalue weighted by Gasteiger charge is 2.22. The predicted octanol–water partition coefficient (Wildman–Crippen LogP) is 5.26. The monoisotopic (exact) mass is 433 g/mol. The van der Waals surface area contributed by atoms with E-state index in [0.717, 1.165) is 48.0 Å². The summed E-state index contributed by atoms with van der Waals surface area (Å²) in [6.07, 6.45) is 0.927. The third kappa shape index (κ3) is 4.86. The van der Waals surface area contributed by atoms with Crippen LogP contribution in [0.2, 0.25) is 0 Å². The lowest BCUT2D eigenvalue weighted by Crippen LogP contribution is -2.35. The maximum absolute atomic E-state index is 13.3. The van der Waals surface area contributed by atoms with Crippen molar-refractivity contribution in [3.05, 3.63) is 82.0 Å². The van der Waals surface area contributed by atoms with E-state index in [4.69, 9.17) is 5.26 Å². The molecule has 0 spiro atoms. The molecule has 1 amide bonds. The van der Waals surface area contributed by atoms with Crippen molar-refractivity contribution in [2.75, 3.05) is 31.1 Å². The lowest BCUT2D eigenvalue weighted by atomic mass is 10.2. The first kappa shape index (κ1) is 20.5. The van der Waals surface area contributed by atoms with Crippen LogP contribution in [-0.2, 0) is 5.75 Å². The number of rotatable bonds is 5. The number of nitriles is 1. The molecule has 2 heterocycles. The third-order valence-corrected chi connectivity index (χ3v) is 7.39. The second-order valence-electron chi connectivity index (χ2n) is 7.16. The predicted molar refractivity (Wildman–Crippen MR) is 124 cm³/mol. The number of hydrogen-bond donors (Lipinski definition) is 0. The lowest BCUT2D eigenvalue weighted by molar-refractivity contribution is 0.0763. The minimum atomic E-state index is 0.117. The molecular formula is C24H23N3OS2. The lowest BCUT2D eigenvalue weighted by Gasteiger charge is -2.24. The Morgan fingerprint density at radius 2 is 1.83 bits per heavy atom. The molecule has 0 saturated carbocycles. The smallest absolute Gasteiger partial charge is 0.255 e. The number of thiophene rings is 1. The average molecular weight is 434 g/mol. The summed E-state index contributed by atoms with van der Waals surface area (Å²) in [5.74, 6) is 1.000. The number of thioether (sulfide) groups is 1. The minimum absolute atomic E-state index is 0.117. The molecule has 1 saturated heterocycles. The molecule has 3 aromatic rings. The Morgan fingerprint density at radius 1 is 1.00 bits per heavy atom. The van der Waals surface area contributed by atoms with Crippen LogP contribution < -0.4 is 4.90 Å². The molecule has 152 valence electrons. The molecular weight excluding hydrogens is 410 g/mol. The van der Waals surface area contributed by atoms with Gasteiger partial charge in [0.2, 0.25) is 0 Å². The fourth-order valence-electron chi connectivity index (χ4n) is 3.61. The summed E-state index contributed by atoms with van der Waals surface area (Å²) in [4.78, 5) is 20.0. The second kappa shape index (κ2) is 9.84. The van der Waals surface area contributed by atoms with Crippen molar-refractivity contribution in [3.63, 3.8) is 0 Å². The van der Waals surface area contributed by atoms with Gasteiger partial charge in [0, 0.05) is 47.4 Å². The molecule has 0 radical (unpaired) electrons. The van der Waals surface area contributed by atoms with E-state index in [1.807, 2.05) is 53.4 Å². The van der Waals surface area contributed by atoms with Crippen molar-refractivity contribution in [1.29, 1.82) is 5.26 Å². The number of anilines is 1. The zero-order valence-corrected chi connectivity index (χ0v) is 18.3. The molecule has 30 heavy (non-hydrogen) atoms. The maximum Gasteiger partial charge on any atom is 0.255 e. The molecule has 1 aliphatic rings. The summed E-state index contributed by atoms with van der Waals surface area (Å²) < 4.78 is 0. The van der Waals surface area contributed by atoms with E-state index in [-0.39, 0.29) is 5.91 Å². The molecule has 6 heteroatoms. The molecule has 1 fully saturated rings. The Morgan fingerprint density at radius 3 is 2.60 bits per heavy atom. The first-order valence-corrected chi connectivity index (χ1v) is 11.9. The van der Waals surface area contributed by atoms with E-state index in [9.17, 15) is 4.79 Å². The van der Waals surface area contributed by atoms with Crippen LogP contribution in [0.1, 0.15) is 27.2 Å². The largest absolute Gasteiger partial charge is 0.370 e. The van der Waals surface area contributed by atoms with Gasteiger partial charge in [0.05, 0.1) is 17.2 Å². The highest BCUT2D eigenvalue weighted by atomic mass is 32.2. The van der Waals surface area contributed by atoms with Crippen molar-refractivity contribution in [1.82, 2.24) is 4.90 Å². The Bertz CT molecular complexity index is 1030. The van der Waals surface area contributed by atoms with Gasteiger partial charge in [-0.15, -0.1) is 23.1 Å². The van der Waals surface area contributed by atoms with Gasteiger partial charge in [-0.1, -0.05) is 18.2 Å². The highest BCUT2D eigenvalue weighted by molar-refractivity contribution is 7.98. The molecule has 0 N–H and O–H groups in total. The van der Waals surface area contributed by atoms with Gasteiger partial charge >= 0.3 is 0 Å². The zero-order chi connectivity index (χ0) is 20.8. The van der Waals surface area contributed by atoms with E-state index < -0.39 is 0 Å². The Hall–Kier alpha value is -2.75. The van der Waals surface area contributed by atoms with Crippen molar-refractivity contribution in [2.24, 2.45) is 0 Å². The van der Waals surface area contributed by atoms with Gasteiger partial charge in [-0.3, -0.25) is 4.79 Å². The summed E-state index contributed by atoms with van der Waals surface area (Å²) in [7, 11) is 0. The number of benzene rings is 2. The van der Waals surface area contributed by atoms with E-state index in [1.165, 1.54) is 4.88 Å². The summed E-state index contributed by atoms with van der Waals surface area (Å²) in [5, 5.41) is 11.1. The maximum atomic E-state index is 13.3. The number of amides is 1. The summed E-state index contributed by atoms with van der Waals surface area (Å²) in [6, 6.07) is 22.0. The molecule has 0 atom stereocenters. The first-order valence-electron chi connectivity index (χ1n) is 10.0.